The quantitative estimate of drug-likeness (QED) is 0.386. The number of nitrogens with one attached hydrogen (secondary N) is 1. The van der Waals surface area contributed by atoms with E-state index in [1.165, 1.54) is 0 Å². The molecule has 4 nitrogen and oxygen atoms in total. The van der Waals surface area contributed by atoms with Gasteiger partial charge >= 0.3 is 0 Å². The Balaban J connectivity index is 1.88. The summed E-state index contributed by atoms with van der Waals surface area (Å²) >= 11 is 3.55. The zero-order valence-electron chi connectivity index (χ0n) is 15.8. The third-order valence-electron chi connectivity index (χ3n) is 4.67. The fourth-order valence-corrected chi connectivity index (χ4v) is 4.19. The summed E-state index contributed by atoms with van der Waals surface area (Å²) in [6.45, 7) is 1.61. The molecule has 0 radical (unpaired) electrons. The number of aromatic nitrogens is 1. The first kappa shape index (κ1) is 19.6. The maximum Gasteiger partial charge on any atom is 0.232 e. The van der Waals surface area contributed by atoms with Crippen molar-refractivity contribution < 1.29 is 8.42 Å². The van der Waals surface area contributed by atoms with Crippen molar-refractivity contribution in [3.05, 3.63) is 83.3 Å². The highest BCUT2D eigenvalue weighted by Gasteiger charge is 2.12. The Bertz CT molecular complexity index is 1290. The van der Waals surface area contributed by atoms with E-state index in [2.05, 4.69) is 44.9 Å². The molecule has 0 fully saturated rings. The molecule has 4 rings (SSSR count). The molecule has 0 saturated heterocycles. The summed E-state index contributed by atoms with van der Waals surface area (Å²) in [5.41, 5.74) is 5.22. The molecule has 1 N–H and O–H groups in total. The fourth-order valence-electron chi connectivity index (χ4n) is 3.20. The molecule has 0 aliphatic carbocycles. The SMILES string of the molecule is CCS(=O)(=O)Nc1cccc(-c2cc(-c3ccccc3)c3cc(Br)ccc3n2)c1. The molecule has 0 amide bonds. The van der Waals surface area contributed by atoms with Crippen LogP contribution in [0.2, 0.25) is 0 Å². The number of sulfonamides is 1. The van der Waals surface area contributed by atoms with Crippen LogP contribution < -0.4 is 4.72 Å². The smallest absolute Gasteiger partial charge is 0.232 e. The highest BCUT2D eigenvalue weighted by Crippen LogP contribution is 2.34. The molecule has 0 aliphatic rings. The van der Waals surface area contributed by atoms with Crippen molar-refractivity contribution in [1.29, 1.82) is 0 Å². The number of hydrogen-bond acceptors (Lipinski definition) is 3. The van der Waals surface area contributed by atoms with Crippen LogP contribution in [-0.2, 0) is 10.0 Å². The van der Waals surface area contributed by atoms with Crippen LogP contribution in [0.15, 0.2) is 83.3 Å². The number of halogens is 1. The molecule has 0 bridgehead atoms. The Morgan fingerprint density at radius 2 is 1.66 bits per heavy atom. The van der Waals surface area contributed by atoms with Gasteiger partial charge in [-0.3, -0.25) is 4.72 Å². The Morgan fingerprint density at radius 1 is 0.897 bits per heavy atom. The monoisotopic (exact) mass is 466 g/mol. The molecule has 3 aromatic carbocycles. The van der Waals surface area contributed by atoms with Crippen LogP contribution in [-0.4, -0.2) is 19.2 Å². The predicted molar refractivity (Wildman–Crippen MR) is 123 cm³/mol. The molecule has 6 heteroatoms. The Hall–Kier alpha value is -2.70. The van der Waals surface area contributed by atoms with E-state index in [4.69, 9.17) is 4.98 Å². The van der Waals surface area contributed by atoms with Crippen LogP contribution in [0.1, 0.15) is 6.92 Å². The van der Waals surface area contributed by atoms with Gasteiger partial charge in [-0.2, -0.15) is 0 Å². The molecule has 0 aliphatic heterocycles. The van der Waals surface area contributed by atoms with E-state index in [-0.39, 0.29) is 5.75 Å². The predicted octanol–water partition coefficient (Wildman–Crippen LogP) is 6.09. The fraction of sp³-hybridized carbons (Fsp3) is 0.0870. The zero-order chi connectivity index (χ0) is 20.4. The van der Waals surface area contributed by atoms with Crippen molar-refractivity contribution in [2.45, 2.75) is 6.92 Å². The van der Waals surface area contributed by atoms with Gasteiger partial charge in [-0.15, -0.1) is 0 Å². The van der Waals surface area contributed by atoms with Gasteiger partial charge in [-0.25, -0.2) is 13.4 Å². The van der Waals surface area contributed by atoms with Crippen molar-refractivity contribution in [3.8, 4) is 22.4 Å². The third kappa shape index (κ3) is 4.33. The van der Waals surface area contributed by atoms with Crippen molar-refractivity contribution >= 4 is 42.5 Å². The van der Waals surface area contributed by atoms with Crippen LogP contribution in [0, 0.1) is 0 Å². The van der Waals surface area contributed by atoms with E-state index in [0.717, 1.165) is 37.8 Å². The minimum Gasteiger partial charge on any atom is -0.284 e. The summed E-state index contributed by atoms with van der Waals surface area (Å²) in [6.07, 6.45) is 0. The van der Waals surface area contributed by atoms with Crippen LogP contribution in [0.25, 0.3) is 33.3 Å². The standard InChI is InChI=1S/C23H19BrN2O2S/c1-2-29(27,28)26-19-10-6-9-17(13-19)23-15-20(16-7-4-3-5-8-16)21-14-18(24)11-12-22(21)25-23/h3-15,26H,2H2,1H3. The lowest BCUT2D eigenvalue weighted by Gasteiger charge is -2.12. The van der Waals surface area contributed by atoms with Gasteiger partial charge in [0.25, 0.3) is 0 Å². The molecule has 0 unspecified atom stereocenters. The Morgan fingerprint density at radius 3 is 2.41 bits per heavy atom. The van der Waals surface area contributed by atoms with Crippen molar-refractivity contribution in [2.24, 2.45) is 0 Å². The van der Waals surface area contributed by atoms with Crippen molar-refractivity contribution in [2.75, 3.05) is 10.5 Å². The molecule has 1 aromatic heterocycles. The minimum atomic E-state index is -3.34. The van der Waals surface area contributed by atoms with Crippen LogP contribution >= 0.6 is 15.9 Å². The summed E-state index contributed by atoms with van der Waals surface area (Å²) in [4.78, 5) is 4.83. The summed E-state index contributed by atoms with van der Waals surface area (Å²) in [7, 11) is -3.34. The van der Waals surface area contributed by atoms with Gasteiger partial charge in [0.1, 0.15) is 0 Å². The molecule has 1 heterocycles. The lowest BCUT2D eigenvalue weighted by atomic mass is 9.98. The average Bonchev–Trinajstić information content (AvgIpc) is 2.73. The Labute approximate surface area is 178 Å². The number of nitrogens with zero attached hydrogens (tertiary/aromatic N) is 1. The van der Waals surface area contributed by atoms with Gasteiger partial charge < -0.3 is 0 Å². The number of benzene rings is 3. The largest absolute Gasteiger partial charge is 0.284 e. The third-order valence-corrected chi connectivity index (χ3v) is 6.47. The second-order valence-corrected chi connectivity index (χ2v) is 9.60. The second-order valence-electron chi connectivity index (χ2n) is 6.67. The summed E-state index contributed by atoms with van der Waals surface area (Å²) < 4.78 is 27.5. The zero-order valence-corrected chi connectivity index (χ0v) is 18.2. The van der Waals surface area contributed by atoms with Crippen LogP contribution in [0.3, 0.4) is 0 Å². The summed E-state index contributed by atoms with van der Waals surface area (Å²) in [5.74, 6) is 0.0263. The van der Waals surface area contributed by atoms with Gasteiger partial charge in [0.05, 0.1) is 17.0 Å². The van der Waals surface area contributed by atoms with Gasteiger partial charge in [-0.05, 0) is 54.4 Å². The van der Waals surface area contributed by atoms with Gasteiger partial charge in [0.15, 0.2) is 0 Å². The van der Waals surface area contributed by atoms with E-state index >= 15 is 0 Å². The lowest BCUT2D eigenvalue weighted by Crippen LogP contribution is -2.14. The molecule has 4 aromatic rings. The lowest BCUT2D eigenvalue weighted by molar-refractivity contribution is 0.602. The van der Waals surface area contributed by atoms with Crippen molar-refractivity contribution in [1.82, 2.24) is 4.98 Å². The van der Waals surface area contributed by atoms with Crippen molar-refractivity contribution in [3.63, 3.8) is 0 Å². The minimum absolute atomic E-state index is 0.0263. The number of hydrogen-bond donors (Lipinski definition) is 1. The van der Waals surface area contributed by atoms with Crippen LogP contribution in [0.4, 0.5) is 5.69 Å². The Kier molecular flexibility index (Phi) is 5.39. The highest BCUT2D eigenvalue weighted by atomic mass is 79.9. The number of pyridine rings is 1. The van der Waals surface area contributed by atoms with E-state index in [0.29, 0.717) is 5.69 Å². The molecular weight excluding hydrogens is 448 g/mol. The topological polar surface area (TPSA) is 59.1 Å². The van der Waals surface area contributed by atoms with E-state index in [9.17, 15) is 8.42 Å². The molecular formula is C23H19BrN2O2S. The maximum atomic E-state index is 11.9. The first-order valence-electron chi connectivity index (χ1n) is 9.22. The first-order valence-corrected chi connectivity index (χ1v) is 11.7. The van der Waals surface area contributed by atoms with E-state index in [1.807, 2.05) is 48.5 Å². The highest BCUT2D eigenvalue weighted by molar-refractivity contribution is 9.10. The number of rotatable bonds is 5. The molecule has 0 atom stereocenters. The van der Waals surface area contributed by atoms with Gasteiger partial charge in [-0.1, -0.05) is 58.4 Å². The van der Waals surface area contributed by atoms with Crippen LogP contribution in [0.5, 0.6) is 0 Å². The molecule has 0 saturated carbocycles. The average molecular weight is 467 g/mol. The summed E-state index contributed by atoms with van der Waals surface area (Å²) in [5, 5.41) is 1.05. The normalized spacial score (nSPS) is 11.5. The van der Waals surface area contributed by atoms with E-state index < -0.39 is 10.0 Å². The molecule has 0 spiro atoms. The van der Waals surface area contributed by atoms with Gasteiger partial charge in [0.2, 0.25) is 10.0 Å². The summed E-state index contributed by atoms with van der Waals surface area (Å²) in [6, 6.07) is 25.6. The molecule has 146 valence electrons. The van der Waals surface area contributed by atoms with Gasteiger partial charge in [0, 0.05) is 21.1 Å². The first-order chi connectivity index (χ1) is 13.9. The molecule has 29 heavy (non-hydrogen) atoms. The second kappa shape index (κ2) is 7.97. The number of fused-ring (bicyclic) bond motifs is 1. The van der Waals surface area contributed by atoms with E-state index in [1.54, 1.807) is 13.0 Å². The maximum absolute atomic E-state index is 11.9. The number of anilines is 1.